The normalized spacial score (nSPS) is 24.9. The van der Waals surface area contributed by atoms with Crippen molar-refractivity contribution in [2.45, 2.75) is 44.6 Å². The van der Waals surface area contributed by atoms with E-state index in [1.54, 1.807) is 0 Å². The second kappa shape index (κ2) is 4.88. The lowest BCUT2D eigenvalue weighted by Crippen LogP contribution is -2.43. The van der Waals surface area contributed by atoms with Gasteiger partial charge in [-0.05, 0) is 32.1 Å². The molecule has 0 radical (unpaired) electrons. The van der Waals surface area contributed by atoms with E-state index >= 15 is 0 Å². The molecule has 1 amide bonds. The second-order valence-corrected chi connectivity index (χ2v) is 6.17. The summed E-state index contributed by atoms with van der Waals surface area (Å²) in [6.45, 7) is 0.886. The monoisotopic (exact) mass is 265 g/mol. The summed E-state index contributed by atoms with van der Waals surface area (Å²) in [6, 6.07) is 0.167. The fourth-order valence-corrected chi connectivity index (χ4v) is 3.46. The molecule has 0 spiro atoms. The molecule has 1 atom stereocenters. The van der Waals surface area contributed by atoms with Gasteiger partial charge in [-0.1, -0.05) is 6.42 Å². The van der Waals surface area contributed by atoms with Gasteiger partial charge in [-0.2, -0.15) is 0 Å². The number of amides is 1. The van der Waals surface area contributed by atoms with E-state index in [-0.39, 0.29) is 12.0 Å². The lowest BCUT2D eigenvalue weighted by atomic mass is 9.83. The Labute approximate surface area is 111 Å². The van der Waals surface area contributed by atoms with Crippen LogP contribution in [0, 0.1) is 5.92 Å². The maximum atomic E-state index is 12.4. The van der Waals surface area contributed by atoms with Gasteiger partial charge in [0, 0.05) is 17.8 Å². The molecule has 2 N–H and O–H groups in total. The molecule has 2 heterocycles. The average molecular weight is 265 g/mol. The minimum absolute atomic E-state index is 0.167. The molecular formula is C13H19N3OS. The zero-order valence-electron chi connectivity index (χ0n) is 10.5. The molecule has 2 fully saturated rings. The molecule has 1 saturated carbocycles. The molecule has 1 aliphatic heterocycles. The van der Waals surface area contributed by atoms with Gasteiger partial charge in [0.15, 0.2) is 5.13 Å². The fraction of sp³-hybridized carbons (Fsp3) is 0.692. The van der Waals surface area contributed by atoms with Crippen molar-refractivity contribution in [3.63, 3.8) is 0 Å². The first-order chi connectivity index (χ1) is 8.75. The zero-order chi connectivity index (χ0) is 12.5. The molecule has 0 bridgehead atoms. The Kier molecular flexibility index (Phi) is 3.24. The van der Waals surface area contributed by atoms with E-state index in [0.29, 0.717) is 11.0 Å². The van der Waals surface area contributed by atoms with Gasteiger partial charge in [0.05, 0.1) is 11.7 Å². The lowest BCUT2D eigenvalue weighted by Gasteiger charge is -2.39. The predicted molar refractivity (Wildman–Crippen MR) is 72.2 cm³/mol. The summed E-state index contributed by atoms with van der Waals surface area (Å²) in [4.78, 5) is 18.9. The van der Waals surface area contributed by atoms with E-state index in [1.165, 1.54) is 24.2 Å². The third-order valence-electron chi connectivity index (χ3n) is 4.12. The van der Waals surface area contributed by atoms with Crippen LogP contribution < -0.4 is 5.73 Å². The summed E-state index contributed by atoms with van der Waals surface area (Å²) in [7, 11) is 0. The Morgan fingerprint density at radius 1 is 1.33 bits per heavy atom. The lowest BCUT2D eigenvalue weighted by molar-refractivity contribution is -0.142. The molecule has 4 nitrogen and oxygen atoms in total. The van der Waals surface area contributed by atoms with Gasteiger partial charge in [-0.25, -0.2) is 4.98 Å². The van der Waals surface area contributed by atoms with Crippen molar-refractivity contribution in [2.24, 2.45) is 5.92 Å². The number of piperidine rings is 1. The number of aromatic nitrogens is 1. The largest absolute Gasteiger partial charge is 0.375 e. The Morgan fingerprint density at radius 3 is 2.78 bits per heavy atom. The number of nitrogens with two attached hydrogens (primary N) is 1. The molecule has 1 aromatic rings. The summed E-state index contributed by atoms with van der Waals surface area (Å²) in [5.41, 5.74) is 6.70. The molecule has 1 aromatic heterocycles. The molecule has 2 aliphatic rings. The summed E-state index contributed by atoms with van der Waals surface area (Å²) in [5, 5.41) is 2.61. The number of hydrogen-bond acceptors (Lipinski definition) is 4. The highest BCUT2D eigenvalue weighted by atomic mass is 32.1. The molecule has 18 heavy (non-hydrogen) atoms. The minimum atomic E-state index is 0.167. The Bertz CT molecular complexity index is 441. The smallest absolute Gasteiger partial charge is 0.226 e. The van der Waals surface area contributed by atoms with Crippen molar-refractivity contribution < 1.29 is 4.79 Å². The molecule has 98 valence electrons. The van der Waals surface area contributed by atoms with Crippen LogP contribution in [0.4, 0.5) is 5.13 Å². The number of thiazole rings is 1. The molecule has 0 aromatic carbocycles. The summed E-state index contributed by atoms with van der Waals surface area (Å²) >= 11 is 1.47. The molecule has 0 unspecified atom stereocenters. The van der Waals surface area contributed by atoms with Gasteiger partial charge in [0.2, 0.25) is 5.91 Å². The third kappa shape index (κ3) is 2.11. The number of nitrogen functional groups attached to an aromatic ring is 1. The van der Waals surface area contributed by atoms with Crippen LogP contribution in [0.3, 0.4) is 0 Å². The van der Waals surface area contributed by atoms with Gasteiger partial charge in [-0.15, -0.1) is 11.3 Å². The van der Waals surface area contributed by atoms with Crippen LogP contribution in [0.5, 0.6) is 0 Å². The first-order valence-corrected chi connectivity index (χ1v) is 7.65. The van der Waals surface area contributed by atoms with Crippen LogP contribution in [0.15, 0.2) is 5.38 Å². The van der Waals surface area contributed by atoms with Crippen molar-refractivity contribution in [2.75, 3.05) is 12.3 Å². The topological polar surface area (TPSA) is 59.2 Å². The van der Waals surface area contributed by atoms with Crippen LogP contribution >= 0.6 is 11.3 Å². The van der Waals surface area contributed by atoms with Gasteiger partial charge >= 0.3 is 0 Å². The Morgan fingerprint density at radius 2 is 2.17 bits per heavy atom. The van der Waals surface area contributed by atoms with E-state index in [0.717, 1.165) is 37.9 Å². The molecule has 1 saturated heterocycles. The van der Waals surface area contributed by atoms with Gasteiger partial charge < -0.3 is 10.6 Å². The van der Waals surface area contributed by atoms with E-state index in [2.05, 4.69) is 9.88 Å². The number of likely N-dealkylation sites (tertiary alicyclic amines) is 1. The highest BCUT2D eigenvalue weighted by Gasteiger charge is 2.35. The standard InChI is InChI=1S/C13H19N3OS/c14-13-15-10(8-18-13)11-6-1-2-7-16(11)12(17)9-4-3-5-9/h8-9,11H,1-7H2,(H2,14,15)/t11-/m0/s1. The van der Waals surface area contributed by atoms with Gasteiger partial charge in [-0.3, -0.25) is 4.79 Å². The van der Waals surface area contributed by atoms with E-state index < -0.39 is 0 Å². The number of carbonyl (C=O) groups excluding carboxylic acids is 1. The van der Waals surface area contributed by atoms with Crippen molar-refractivity contribution >= 4 is 22.4 Å². The van der Waals surface area contributed by atoms with Crippen molar-refractivity contribution in [3.8, 4) is 0 Å². The quantitative estimate of drug-likeness (QED) is 0.894. The Hall–Kier alpha value is -1.10. The SMILES string of the molecule is Nc1nc([C@@H]2CCCCN2C(=O)C2CCC2)cs1. The minimum Gasteiger partial charge on any atom is -0.375 e. The summed E-state index contributed by atoms with van der Waals surface area (Å²) in [5.74, 6) is 0.624. The average Bonchev–Trinajstić information content (AvgIpc) is 2.73. The first-order valence-electron chi connectivity index (χ1n) is 6.77. The van der Waals surface area contributed by atoms with Crippen LogP contribution in [0.1, 0.15) is 50.3 Å². The maximum Gasteiger partial charge on any atom is 0.226 e. The number of rotatable bonds is 2. The molecular weight excluding hydrogens is 246 g/mol. The predicted octanol–water partition coefficient (Wildman–Crippen LogP) is 2.58. The molecule has 1 aliphatic carbocycles. The highest BCUT2D eigenvalue weighted by Crippen LogP contribution is 2.36. The first kappa shape index (κ1) is 12.0. The maximum absolute atomic E-state index is 12.4. The number of nitrogens with zero attached hydrogens (tertiary/aromatic N) is 2. The number of hydrogen-bond donors (Lipinski definition) is 1. The summed E-state index contributed by atoms with van der Waals surface area (Å²) < 4.78 is 0. The molecule has 5 heteroatoms. The van der Waals surface area contributed by atoms with Crippen LogP contribution in [0.25, 0.3) is 0 Å². The second-order valence-electron chi connectivity index (χ2n) is 5.28. The van der Waals surface area contributed by atoms with Crippen LogP contribution in [-0.4, -0.2) is 22.3 Å². The fourth-order valence-electron chi connectivity index (χ4n) is 2.85. The zero-order valence-corrected chi connectivity index (χ0v) is 11.3. The van der Waals surface area contributed by atoms with E-state index in [4.69, 9.17) is 5.73 Å². The van der Waals surface area contributed by atoms with Crippen LogP contribution in [-0.2, 0) is 4.79 Å². The molecule has 3 rings (SSSR count). The van der Waals surface area contributed by atoms with Crippen LogP contribution in [0.2, 0.25) is 0 Å². The summed E-state index contributed by atoms with van der Waals surface area (Å²) in [6.07, 6.45) is 6.67. The highest BCUT2D eigenvalue weighted by molar-refractivity contribution is 7.13. The Balaban J connectivity index is 1.79. The van der Waals surface area contributed by atoms with E-state index in [9.17, 15) is 4.79 Å². The van der Waals surface area contributed by atoms with Crippen molar-refractivity contribution in [3.05, 3.63) is 11.1 Å². The van der Waals surface area contributed by atoms with Crippen molar-refractivity contribution in [1.82, 2.24) is 9.88 Å². The van der Waals surface area contributed by atoms with Gasteiger partial charge in [0.1, 0.15) is 0 Å². The number of anilines is 1. The van der Waals surface area contributed by atoms with Crippen molar-refractivity contribution in [1.29, 1.82) is 0 Å². The number of carbonyl (C=O) groups is 1. The van der Waals surface area contributed by atoms with Gasteiger partial charge in [0.25, 0.3) is 0 Å². The third-order valence-corrected chi connectivity index (χ3v) is 4.81. The van der Waals surface area contributed by atoms with E-state index in [1.807, 2.05) is 5.38 Å².